The number of amides is 2. The van der Waals surface area contributed by atoms with Gasteiger partial charge >= 0.3 is 6.03 Å². The second-order valence-electron chi connectivity index (χ2n) is 5.13. The van der Waals surface area contributed by atoms with Crippen LogP contribution in [0.1, 0.15) is 32.1 Å². The fourth-order valence-electron chi connectivity index (χ4n) is 2.36. The Labute approximate surface area is 119 Å². The topological polar surface area (TPSA) is 76.4 Å². The maximum Gasteiger partial charge on any atom is 0.319 e. The number of hydrogen-bond acceptors (Lipinski definition) is 3. The first-order chi connectivity index (χ1) is 9.74. The van der Waals surface area contributed by atoms with Gasteiger partial charge in [0.15, 0.2) is 0 Å². The first kappa shape index (κ1) is 14.7. The Balaban J connectivity index is 1.59. The zero-order chi connectivity index (χ0) is 14.2. The average molecular weight is 277 g/mol. The van der Waals surface area contributed by atoms with Gasteiger partial charge in [0.1, 0.15) is 0 Å². The van der Waals surface area contributed by atoms with E-state index in [1.807, 2.05) is 0 Å². The van der Waals surface area contributed by atoms with E-state index in [2.05, 4.69) is 10.6 Å². The van der Waals surface area contributed by atoms with Crippen LogP contribution in [0.2, 0.25) is 0 Å². The van der Waals surface area contributed by atoms with E-state index in [1.54, 1.807) is 24.3 Å². The van der Waals surface area contributed by atoms with Crippen molar-refractivity contribution in [3.05, 3.63) is 24.3 Å². The molecule has 0 atom stereocenters. The number of hydrogen-bond donors (Lipinski definition) is 3. The second kappa shape index (κ2) is 7.75. The molecule has 20 heavy (non-hydrogen) atoms. The number of benzene rings is 1. The summed E-state index contributed by atoms with van der Waals surface area (Å²) in [7, 11) is 0. The van der Waals surface area contributed by atoms with Gasteiger partial charge in [-0.3, -0.25) is 0 Å². The van der Waals surface area contributed by atoms with Gasteiger partial charge in [0, 0.05) is 17.9 Å². The number of carbonyl (C=O) groups excluding carboxylic acids is 1. The summed E-state index contributed by atoms with van der Waals surface area (Å²) < 4.78 is 5.74. The van der Waals surface area contributed by atoms with Crippen LogP contribution in [0.4, 0.5) is 16.2 Å². The molecular weight excluding hydrogens is 254 g/mol. The molecule has 1 aliphatic carbocycles. The third-order valence-corrected chi connectivity index (χ3v) is 3.46. The first-order valence-electron chi connectivity index (χ1n) is 7.26. The highest BCUT2D eigenvalue weighted by atomic mass is 16.5. The summed E-state index contributed by atoms with van der Waals surface area (Å²) in [5, 5.41) is 5.53. The van der Waals surface area contributed by atoms with Crippen molar-refractivity contribution >= 4 is 17.4 Å². The smallest absolute Gasteiger partial charge is 0.319 e. The lowest BCUT2D eigenvalue weighted by Gasteiger charge is -2.22. The van der Waals surface area contributed by atoms with Crippen LogP contribution in [-0.2, 0) is 4.74 Å². The zero-order valence-electron chi connectivity index (χ0n) is 11.7. The molecule has 0 aromatic heterocycles. The molecule has 1 aliphatic rings. The van der Waals surface area contributed by atoms with Crippen LogP contribution in [0.3, 0.4) is 0 Å². The third-order valence-electron chi connectivity index (χ3n) is 3.46. The van der Waals surface area contributed by atoms with Gasteiger partial charge in [-0.25, -0.2) is 4.79 Å². The van der Waals surface area contributed by atoms with E-state index >= 15 is 0 Å². The van der Waals surface area contributed by atoms with E-state index < -0.39 is 0 Å². The number of nitrogens with two attached hydrogens (primary N) is 1. The lowest BCUT2D eigenvalue weighted by Crippen LogP contribution is -2.32. The standard InChI is InChI=1S/C15H23N3O2/c16-12-6-8-13(9-7-12)18-15(19)17-10-11-20-14-4-2-1-3-5-14/h6-9,14H,1-5,10-11,16H2,(H2,17,18,19). The van der Waals surface area contributed by atoms with Crippen molar-refractivity contribution in [3.8, 4) is 0 Å². The fraction of sp³-hybridized carbons (Fsp3) is 0.533. The van der Waals surface area contributed by atoms with Crippen molar-refractivity contribution < 1.29 is 9.53 Å². The van der Waals surface area contributed by atoms with Crippen LogP contribution < -0.4 is 16.4 Å². The second-order valence-corrected chi connectivity index (χ2v) is 5.13. The molecule has 0 heterocycles. The van der Waals surface area contributed by atoms with Gasteiger partial charge < -0.3 is 21.1 Å². The molecule has 1 fully saturated rings. The molecule has 0 saturated heterocycles. The number of nitrogens with one attached hydrogen (secondary N) is 2. The van der Waals surface area contributed by atoms with Gasteiger partial charge in [0.05, 0.1) is 12.7 Å². The van der Waals surface area contributed by atoms with Crippen LogP contribution in [0.25, 0.3) is 0 Å². The van der Waals surface area contributed by atoms with E-state index in [4.69, 9.17) is 10.5 Å². The lowest BCUT2D eigenvalue weighted by atomic mass is 9.98. The molecule has 1 saturated carbocycles. The van der Waals surface area contributed by atoms with Gasteiger partial charge in [0.25, 0.3) is 0 Å². The molecule has 1 aromatic rings. The van der Waals surface area contributed by atoms with E-state index in [0.29, 0.717) is 24.9 Å². The Bertz CT molecular complexity index is 414. The minimum absolute atomic E-state index is 0.220. The summed E-state index contributed by atoms with van der Waals surface area (Å²) >= 11 is 0. The molecule has 0 radical (unpaired) electrons. The molecule has 5 heteroatoms. The fourth-order valence-corrected chi connectivity index (χ4v) is 2.36. The van der Waals surface area contributed by atoms with Gasteiger partial charge in [0.2, 0.25) is 0 Å². The Kier molecular flexibility index (Phi) is 5.68. The van der Waals surface area contributed by atoms with Gasteiger partial charge in [-0.1, -0.05) is 19.3 Å². The van der Waals surface area contributed by atoms with Crippen LogP contribution in [0.15, 0.2) is 24.3 Å². The summed E-state index contributed by atoms with van der Waals surface area (Å²) in [5.41, 5.74) is 6.99. The zero-order valence-corrected chi connectivity index (χ0v) is 11.7. The predicted octanol–water partition coefficient (Wildman–Crippen LogP) is 2.74. The Morgan fingerprint density at radius 1 is 1.20 bits per heavy atom. The number of rotatable bonds is 5. The summed E-state index contributed by atoms with van der Waals surface area (Å²) in [5.74, 6) is 0. The minimum Gasteiger partial charge on any atom is -0.399 e. The van der Waals surface area contributed by atoms with Crippen molar-refractivity contribution in [2.75, 3.05) is 24.2 Å². The van der Waals surface area contributed by atoms with Crippen LogP contribution in [0.5, 0.6) is 0 Å². The average Bonchev–Trinajstić information content (AvgIpc) is 2.47. The Morgan fingerprint density at radius 3 is 2.60 bits per heavy atom. The summed E-state index contributed by atoms with van der Waals surface area (Å²) in [6, 6.07) is 6.83. The minimum atomic E-state index is -0.220. The van der Waals surface area contributed by atoms with E-state index in [-0.39, 0.29) is 6.03 Å². The highest BCUT2D eigenvalue weighted by molar-refractivity contribution is 5.89. The molecule has 4 N–H and O–H groups in total. The number of ether oxygens (including phenoxy) is 1. The quantitative estimate of drug-likeness (QED) is 0.572. The molecule has 5 nitrogen and oxygen atoms in total. The van der Waals surface area contributed by atoms with Crippen molar-refractivity contribution in [1.82, 2.24) is 5.32 Å². The van der Waals surface area contributed by atoms with E-state index in [1.165, 1.54) is 19.3 Å². The van der Waals surface area contributed by atoms with Gasteiger partial charge in [-0.2, -0.15) is 0 Å². The van der Waals surface area contributed by atoms with E-state index in [9.17, 15) is 4.79 Å². The molecule has 0 unspecified atom stereocenters. The SMILES string of the molecule is Nc1ccc(NC(=O)NCCOC2CCCCC2)cc1. The maximum absolute atomic E-state index is 11.6. The first-order valence-corrected chi connectivity index (χ1v) is 7.26. The van der Waals surface area contributed by atoms with Gasteiger partial charge in [-0.05, 0) is 37.1 Å². The van der Waals surface area contributed by atoms with Gasteiger partial charge in [-0.15, -0.1) is 0 Å². The Morgan fingerprint density at radius 2 is 1.90 bits per heavy atom. The number of nitrogen functional groups attached to an aromatic ring is 1. The highest BCUT2D eigenvalue weighted by Gasteiger charge is 2.13. The van der Waals surface area contributed by atoms with Crippen molar-refractivity contribution in [3.63, 3.8) is 0 Å². The molecule has 110 valence electrons. The van der Waals surface area contributed by atoms with Crippen molar-refractivity contribution in [1.29, 1.82) is 0 Å². The monoisotopic (exact) mass is 277 g/mol. The number of carbonyl (C=O) groups is 1. The summed E-state index contributed by atoms with van der Waals surface area (Å²) in [4.78, 5) is 11.6. The van der Waals surface area contributed by atoms with Crippen LogP contribution >= 0.6 is 0 Å². The summed E-state index contributed by atoms with van der Waals surface area (Å²) in [6.45, 7) is 1.09. The van der Waals surface area contributed by atoms with E-state index in [0.717, 1.165) is 18.5 Å². The molecule has 2 rings (SSSR count). The third kappa shape index (κ3) is 5.09. The van der Waals surface area contributed by atoms with Crippen molar-refractivity contribution in [2.45, 2.75) is 38.2 Å². The molecule has 1 aromatic carbocycles. The summed E-state index contributed by atoms with van der Waals surface area (Å²) in [6.07, 6.45) is 6.52. The molecule has 0 bridgehead atoms. The molecular formula is C15H23N3O2. The number of urea groups is 1. The highest BCUT2D eigenvalue weighted by Crippen LogP contribution is 2.19. The van der Waals surface area contributed by atoms with Crippen LogP contribution in [-0.4, -0.2) is 25.3 Å². The molecule has 0 aliphatic heterocycles. The molecule has 0 spiro atoms. The van der Waals surface area contributed by atoms with Crippen molar-refractivity contribution in [2.24, 2.45) is 0 Å². The normalized spacial score (nSPS) is 15.8. The lowest BCUT2D eigenvalue weighted by molar-refractivity contribution is 0.0313. The predicted molar refractivity (Wildman–Crippen MR) is 80.7 cm³/mol. The number of anilines is 2. The maximum atomic E-state index is 11.6. The largest absolute Gasteiger partial charge is 0.399 e. The molecule has 2 amide bonds. The Hall–Kier alpha value is -1.75. The van der Waals surface area contributed by atoms with Crippen LogP contribution in [0, 0.1) is 0 Å².